The number of nitrogens with zero attached hydrogens (tertiary/aromatic N) is 1. The molecular weight excluding hydrogens is 332 g/mol. The fraction of sp³-hybridized carbons (Fsp3) is 0.250. The Labute approximate surface area is 139 Å². The quantitative estimate of drug-likeness (QED) is 0.631. The summed E-state index contributed by atoms with van der Waals surface area (Å²) >= 11 is 0. The Morgan fingerprint density at radius 2 is 1.96 bits per heavy atom. The van der Waals surface area contributed by atoms with Gasteiger partial charge in [-0.25, -0.2) is 13.1 Å². The SMILES string of the molecule is O=[N+]([O-])c1cccc(S(=O)(=O)NCC2(O)CCc3ccccc32)c1. The molecule has 0 spiro atoms. The summed E-state index contributed by atoms with van der Waals surface area (Å²) in [6, 6.07) is 12.2. The normalized spacial score (nSPS) is 19.9. The molecule has 0 radical (unpaired) electrons. The summed E-state index contributed by atoms with van der Waals surface area (Å²) in [5.41, 5.74) is 0.133. The molecule has 0 amide bonds. The first-order valence-corrected chi connectivity index (χ1v) is 8.85. The topological polar surface area (TPSA) is 110 Å². The average Bonchev–Trinajstić information content (AvgIpc) is 2.92. The molecule has 8 heteroatoms. The molecule has 126 valence electrons. The highest BCUT2D eigenvalue weighted by Crippen LogP contribution is 2.36. The molecule has 1 aliphatic rings. The second-order valence-electron chi connectivity index (χ2n) is 5.77. The summed E-state index contributed by atoms with van der Waals surface area (Å²) in [5, 5.41) is 21.5. The number of hydrogen-bond donors (Lipinski definition) is 2. The van der Waals surface area contributed by atoms with Crippen LogP contribution in [0.25, 0.3) is 0 Å². The molecule has 3 rings (SSSR count). The van der Waals surface area contributed by atoms with Gasteiger partial charge < -0.3 is 5.11 Å². The molecular formula is C16H16N2O5S. The van der Waals surface area contributed by atoms with E-state index in [4.69, 9.17) is 0 Å². The van der Waals surface area contributed by atoms with Gasteiger partial charge in [0.25, 0.3) is 5.69 Å². The van der Waals surface area contributed by atoms with Crippen LogP contribution >= 0.6 is 0 Å². The third kappa shape index (κ3) is 3.03. The van der Waals surface area contributed by atoms with Gasteiger partial charge in [0, 0.05) is 18.7 Å². The molecule has 0 aromatic heterocycles. The highest BCUT2D eigenvalue weighted by atomic mass is 32.2. The second kappa shape index (κ2) is 5.97. The zero-order valence-electron chi connectivity index (χ0n) is 12.7. The van der Waals surface area contributed by atoms with Crippen LogP contribution in [0.2, 0.25) is 0 Å². The Morgan fingerprint density at radius 1 is 1.21 bits per heavy atom. The number of hydrogen-bond acceptors (Lipinski definition) is 5. The van der Waals surface area contributed by atoms with E-state index in [9.17, 15) is 23.6 Å². The van der Waals surface area contributed by atoms with E-state index in [0.29, 0.717) is 18.4 Å². The zero-order chi connectivity index (χ0) is 17.4. The van der Waals surface area contributed by atoms with Gasteiger partial charge in [0.1, 0.15) is 5.60 Å². The number of non-ortho nitro benzene ring substituents is 1. The van der Waals surface area contributed by atoms with Crippen LogP contribution in [0.3, 0.4) is 0 Å². The van der Waals surface area contributed by atoms with Gasteiger partial charge in [-0.1, -0.05) is 30.3 Å². The molecule has 1 aliphatic carbocycles. The standard InChI is InChI=1S/C16H16N2O5S/c19-16(9-8-12-4-1-2-7-15(12)16)11-17-24(22,23)14-6-3-5-13(10-14)18(20)21/h1-7,10,17,19H,8-9,11H2. The predicted octanol–water partition coefficient (Wildman–Crippen LogP) is 1.71. The minimum Gasteiger partial charge on any atom is -0.384 e. The summed E-state index contributed by atoms with van der Waals surface area (Å²) in [4.78, 5) is 9.93. The predicted molar refractivity (Wildman–Crippen MR) is 86.9 cm³/mol. The molecule has 2 N–H and O–H groups in total. The second-order valence-corrected chi connectivity index (χ2v) is 7.53. The first-order chi connectivity index (χ1) is 11.3. The summed E-state index contributed by atoms with van der Waals surface area (Å²) in [6.07, 6.45) is 1.09. The van der Waals surface area contributed by atoms with Crippen molar-refractivity contribution in [2.75, 3.05) is 6.54 Å². The lowest BCUT2D eigenvalue weighted by atomic mass is 9.96. The number of sulfonamides is 1. The van der Waals surface area contributed by atoms with Gasteiger partial charge in [-0.15, -0.1) is 0 Å². The van der Waals surface area contributed by atoms with Gasteiger partial charge in [0.2, 0.25) is 10.0 Å². The Kier molecular flexibility index (Phi) is 4.12. The monoisotopic (exact) mass is 348 g/mol. The fourth-order valence-corrected chi connectivity index (χ4v) is 4.04. The highest BCUT2D eigenvalue weighted by Gasteiger charge is 2.37. The number of benzene rings is 2. The number of fused-ring (bicyclic) bond motifs is 1. The van der Waals surface area contributed by atoms with Crippen molar-refractivity contribution in [1.29, 1.82) is 0 Å². The highest BCUT2D eigenvalue weighted by molar-refractivity contribution is 7.89. The minimum absolute atomic E-state index is 0.185. The lowest BCUT2D eigenvalue weighted by Gasteiger charge is -2.24. The number of nitro benzene ring substituents is 1. The van der Waals surface area contributed by atoms with Crippen molar-refractivity contribution in [2.24, 2.45) is 0 Å². The maximum absolute atomic E-state index is 12.4. The van der Waals surface area contributed by atoms with E-state index in [0.717, 1.165) is 11.6 Å². The maximum Gasteiger partial charge on any atom is 0.270 e. The Balaban J connectivity index is 1.81. The lowest BCUT2D eigenvalue weighted by Crippen LogP contribution is -2.39. The van der Waals surface area contributed by atoms with Crippen LogP contribution in [0.4, 0.5) is 5.69 Å². The first-order valence-electron chi connectivity index (χ1n) is 7.37. The van der Waals surface area contributed by atoms with Crippen molar-refractivity contribution in [3.8, 4) is 0 Å². The Bertz CT molecular complexity index is 897. The van der Waals surface area contributed by atoms with Gasteiger partial charge in [0.05, 0.1) is 9.82 Å². The van der Waals surface area contributed by atoms with Crippen LogP contribution < -0.4 is 4.72 Å². The van der Waals surface area contributed by atoms with Crippen molar-refractivity contribution in [1.82, 2.24) is 4.72 Å². The van der Waals surface area contributed by atoms with Gasteiger partial charge in [-0.2, -0.15) is 0 Å². The molecule has 1 atom stereocenters. The smallest absolute Gasteiger partial charge is 0.270 e. The molecule has 0 saturated heterocycles. The van der Waals surface area contributed by atoms with Crippen LogP contribution in [0.1, 0.15) is 17.5 Å². The molecule has 2 aromatic carbocycles. The van der Waals surface area contributed by atoms with Crippen molar-refractivity contribution in [3.63, 3.8) is 0 Å². The van der Waals surface area contributed by atoms with Crippen molar-refractivity contribution >= 4 is 15.7 Å². The van der Waals surface area contributed by atoms with Crippen LogP contribution in [0.5, 0.6) is 0 Å². The van der Waals surface area contributed by atoms with E-state index >= 15 is 0 Å². The molecule has 7 nitrogen and oxygen atoms in total. The molecule has 1 unspecified atom stereocenters. The zero-order valence-corrected chi connectivity index (χ0v) is 13.5. The molecule has 24 heavy (non-hydrogen) atoms. The summed E-state index contributed by atoms with van der Waals surface area (Å²) < 4.78 is 27.1. The van der Waals surface area contributed by atoms with Crippen molar-refractivity contribution in [3.05, 3.63) is 69.8 Å². The fourth-order valence-electron chi connectivity index (χ4n) is 2.91. The summed E-state index contributed by atoms with van der Waals surface area (Å²) in [5.74, 6) is 0. The van der Waals surface area contributed by atoms with Crippen LogP contribution in [0, 0.1) is 10.1 Å². The summed E-state index contributed by atoms with van der Waals surface area (Å²) in [7, 11) is -3.96. The van der Waals surface area contributed by atoms with Crippen molar-refractivity contribution in [2.45, 2.75) is 23.3 Å². The van der Waals surface area contributed by atoms with Crippen LogP contribution in [-0.2, 0) is 22.0 Å². The third-order valence-corrected chi connectivity index (χ3v) is 5.62. The average molecular weight is 348 g/mol. The molecule has 0 heterocycles. The van der Waals surface area contributed by atoms with E-state index in [-0.39, 0.29) is 17.1 Å². The first kappa shape index (κ1) is 16.6. The molecule has 0 saturated carbocycles. The van der Waals surface area contributed by atoms with Crippen LogP contribution in [0.15, 0.2) is 53.4 Å². The largest absolute Gasteiger partial charge is 0.384 e. The Morgan fingerprint density at radius 3 is 2.71 bits per heavy atom. The lowest BCUT2D eigenvalue weighted by molar-refractivity contribution is -0.385. The summed E-state index contributed by atoms with van der Waals surface area (Å²) in [6.45, 7) is -0.185. The maximum atomic E-state index is 12.4. The molecule has 0 fully saturated rings. The minimum atomic E-state index is -3.96. The number of nitrogens with one attached hydrogen (secondary N) is 1. The Hall–Kier alpha value is -2.29. The van der Waals surface area contributed by atoms with Gasteiger partial charge >= 0.3 is 0 Å². The number of rotatable bonds is 5. The van der Waals surface area contributed by atoms with E-state index in [2.05, 4.69) is 4.72 Å². The number of nitro groups is 1. The molecule has 2 aromatic rings. The number of aliphatic hydroxyl groups is 1. The van der Waals surface area contributed by atoms with E-state index < -0.39 is 20.5 Å². The van der Waals surface area contributed by atoms with E-state index in [1.54, 1.807) is 12.1 Å². The number of aryl methyl sites for hydroxylation is 1. The van der Waals surface area contributed by atoms with Gasteiger partial charge in [-0.3, -0.25) is 10.1 Å². The van der Waals surface area contributed by atoms with Gasteiger partial charge in [0.15, 0.2) is 0 Å². The van der Waals surface area contributed by atoms with E-state index in [1.807, 2.05) is 12.1 Å². The van der Waals surface area contributed by atoms with E-state index in [1.165, 1.54) is 18.2 Å². The van der Waals surface area contributed by atoms with Crippen molar-refractivity contribution < 1.29 is 18.4 Å². The van der Waals surface area contributed by atoms with Crippen LogP contribution in [-0.4, -0.2) is 25.0 Å². The molecule has 0 bridgehead atoms. The third-order valence-electron chi connectivity index (χ3n) is 4.22. The van der Waals surface area contributed by atoms with Gasteiger partial charge in [-0.05, 0) is 30.0 Å². The molecule has 0 aliphatic heterocycles.